The van der Waals surface area contributed by atoms with Crippen LogP contribution in [0.3, 0.4) is 0 Å². The first kappa shape index (κ1) is 15.5. The normalized spacial score (nSPS) is 10.2. The average molecular weight is 321 g/mol. The number of aromatic nitrogens is 1. The van der Waals surface area contributed by atoms with E-state index in [1.807, 2.05) is 30.3 Å². The van der Waals surface area contributed by atoms with Crippen molar-refractivity contribution in [2.45, 2.75) is 0 Å². The number of anilines is 2. The van der Waals surface area contributed by atoms with E-state index in [1.54, 1.807) is 37.6 Å². The third-order valence-corrected chi connectivity index (χ3v) is 3.51. The summed E-state index contributed by atoms with van der Waals surface area (Å²) in [5, 5.41) is 14.5. The third kappa shape index (κ3) is 3.33. The highest BCUT2D eigenvalue weighted by molar-refractivity contribution is 5.75. The Balaban J connectivity index is 1.99. The fourth-order valence-corrected chi connectivity index (χ4v) is 2.32. The van der Waals surface area contributed by atoms with Crippen LogP contribution in [0.1, 0.15) is 0 Å². The Morgan fingerprint density at radius 1 is 1.08 bits per heavy atom. The average Bonchev–Trinajstić information content (AvgIpc) is 2.63. The molecule has 120 valence electrons. The maximum absolute atomic E-state index is 11.4. The minimum absolute atomic E-state index is 0.0130. The van der Waals surface area contributed by atoms with Gasteiger partial charge in [0.05, 0.1) is 17.7 Å². The first-order valence-electron chi connectivity index (χ1n) is 7.28. The van der Waals surface area contributed by atoms with Crippen molar-refractivity contribution in [1.82, 2.24) is 4.98 Å². The molecule has 0 amide bonds. The maximum Gasteiger partial charge on any atom is 0.293 e. The first-order chi connectivity index (χ1) is 11.7. The number of nitro groups is 1. The van der Waals surface area contributed by atoms with Gasteiger partial charge in [0.15, 0.2) is 0 Å². The number of nitrogens with zero attached hydrogens (tertiary/aromatic N) is 2. The van der Waals surface area contributed by atoms with E-state index >= 15 is 0 Å². The minimum Gasteiger partial charge on any atom is -0.497 e. The van der Waals surface area contributed by atoms with Crippen LogP contribution in [0.2, 0.25) is 0 Å². The molecule has 0 atom stereocenters. The zero-order chi connectivity index (χ0) is 16.9. The van der Waals surface area contributed by atoms with Crippen LogP contribution in [0.25, 0.3) is 11.3 Å². The highest BCUT2D eigenvalue weighted by Gasteiger charge is 2.16. The van der Waals surface area contributed by atoms with Gasteiger partial charge in [-0.1, -0.05) is 24.3 Å². The van der Waals surface area contributed by atoms with Gasteiger partial charge >= 0.3 is 0 Å². The molecule has 0 fully saturated rings. The SMILES string of the molecule is COc1ccnc(-c2ccc(Nc3ccccc3)c([N+](=O)[O-])c2)c1. The van der Waals surface area contributed by atoms with Gasteiger partial charge in [0.2, 0.25) is 0 Å². The van der Waals surface area contributed by atoms with Crippen LogP contribution in [0.4, 0.5) is 17.1 Å². The first-order valence-corrected chi connectivity index (χ1v) is 7.28. The smallest absolute Gasteiger partial charge is 0.293 e. The lowest BCUT2D eigenvalue weighted by atomic mass is 10.1. The van der Waals surface area contributed by atoms with Gasteiger partial charge in [-0.25, -0.2) is 0 Å². The van der Waals surface area contributed by atoms with Crippen molar-refractivity contribution in [3.8, 4) is 17.0 Å². The molecule has 1 aromatic heterocycles. The summed E-state index contributed by atoms with van der Waals surface area (Å²) >= 11 is 0. The summed E-state index contributed by atoms with van der Waals surface area (Å²) in [5.41, 5.74) is 2.47. The highest BCUT2D eigenvalue weighted by Crippen LogP contribution is 2.32. The zero-order valence-electron chi connectivity index (χ0n) is 13.0. The van der Waals surface area contributed by atoms with Gasteiger partial charge in [-0.15, -0.1) is 0 Å². The van der Waals surface area contributed by atoms with Gasteiger partial charge in [0.25, 0.3) is 5.69 Å². The predicted molar refractivity (Wildman–Crippen MR) is 92.6 cm³/mol. The molecule has 0 saturated heterocycles. The van der Waals surface area contributed by atoms with Crippen LogP contribution in [0.15, 0.2) is 66.9 Å². The number of hydrogen-bond donors (Lipinski definition) is 1. The van der Waals surface area contributed by atoms with E-state index in [-0.39, 0.29) is 5.69 Å². The van der Waals surface area contributed by atoms with Crippen molar-refractivity contribution in [3.05, 3.63) is 77.0 Å². The molecule has 0 spiro atoms. The minimum atomic E-state index is -0.408. The molecule has 0 aliphatic heterocycles. The molecule has 1 heterocycles. The quantitative estimate of drug-likeness (QED) is 0.556. The van der Waals surface area contributed by atoms with E-state index < -0.39 is 4.92 Å². The van der Waals surface area contributed by atoms with Gasteiger partial charge in [0.1, 0.15) is 11.4 Å². The van der Waals surface area contributed by atoms with Gasteiger partial charge in [-0.3, -0.25) is 15.1 Å². The summed E-state index contributed by atoms with van der Waals surface area (Å²) in [5.74, 6) is 0.647. The van der Waals surface area contributed by atoms with Crippen LogP contribution in [-0.2, 0) is 0 Å². The lowest BCUT2D eigenvalue weighted by Gasteiger charge is -2.09. The molecule has 0 aliphatic rings. The number of methoxy groups -OCH3 is 1. The van der Waals surface area contributed by atoms with Crippen molar-refractivity contribution in [2.24, 2.45) is 0 Å². The van der Waals surface area contributed by atoms with Crippen molar-refractivity contribution < 1.29 is 9.66 Å². The lowest BCUT2D eigenvalue weighted by Crippen LogP contribution is -1.98. The largest absolute Gasteiger partial charge is 0.497 e. The fraction of sp³-hybridized carbons (Fsp3) is 0.0556. The van der Waals surface area contributed by atoms with Crippen LogP contribution >= 0.6 is 0 Å². The van der Waals surface area contributed by atoms with E-state index in [0.717, 1.165) is 5.69 Å². The number of para-hydroxylation sites is 1. The second-order valence-corrected chi connectivity index (χ2v) is 5.06. The molecule has 3 rings (SSSR count). The zero-order valence-corrected chi connectivity index (χ0v) is 13.0. The van der Waals surface area contributed by atoms with E-state index in [9.17, 15) is 10.1 Å². The fourth-order valence-electron chi connectivity index (χ4n) is 2.32. The summed E-state index contributed by atoms with van der Waals surface area (Å²) in [7, 11) is 1.56. The van der Waals surface area contributed by atoms with Crippen LogP contribution in [0.5, 0.6) is 5.75 Å². The number of benzene rings is 2. The van der Waals surface area contributed by atoms with Crippen molar-refractivity contribution in [1.29, 1.82) is 0 Å². The van der Waals surface area contributed by atoms with Gasteiger partial charge < -0.3 is 10.1 Å². The van der Waals surface area contributed by atoms with Crippen molar-refractivity contribution >= 4 is 17.1 Å². The predicted octanol–water partition coefficient (Wildman–Crippen LogP) is 4.41. The van der Waals surface area contributed by atoms with E-state index in [2.05, 4.69) is 10.3 Å². The standard InChI is InChI=1S/C18H15N3O3/c1-24-15-9-10-19-17(12-15)13-7-8-16(18(11-13)21(22)23)20-14-5-3-2-4-6-14/h2-12,20H,1H3. The summed E-state index contributed by atoms with van der Waals surface area (Å²) in [6, 6.07) is 17.8. The van der Waals surface area contributed by atoms with Gasteiger partial charge in [-0.2, -0.15) is 0 Å². The number of pyridine rings is 1. The number of ether oxygens (including phenoxy) is 1. The Labute approximate surface area is 138 Å². The summed E-state index contributed by atoms with van der Waals surface area (Å²) in [6.45, 7) is 0. The van der Waals surface area contributed by atoms with Crippen LogP contribution < -0.4 is 10.1 Å². The molecule has 6 heteroatoms. The number of nitro benzene ring substituents is 1. The molecule has 0 bridgehead atoms. The molecule has 0 aliphatic carbocycles. The Hall–Kier alpha value is -3.41. The topological polar surface area (TPSA) is 77.3 Å². The van der Waals surface area contributed by atoms with Gasteiger partial charge in [0, 0.05) is 29.6 Å². The molecule has 0 saturated carbocycles. The highest BCUT2D eigenvalue weighted by atomic mass is 16.6. The lowest BCUT2D eigenvalue weighted by molar-refractivity contribution is -0.383. The Bertz CT molecular complexity index is 866. The van der Waals surface area contributed by atoms with E-state index in [1.165, 1.54) is 6.07 Å². The van der Waals surface area contributed by atoms with Crippen LogP contribution in [-0.4, -0.2) is 17.0 Å². The monoisotopic (exact) mass is 321 g/mol. The molecule has 0 radical (unpaired) electrons. The summed E-state index contributed by atoms with van der Waals surface area (Å²) < 4.78 is 5.17. The molecule has 3 aromatic rings. The molecular weight excluding hydrogens is 306 g/mol. The third-order valence-electron chi connectivity index (χ3n) is 3.51. The Morgan fingerprint density at radius 2 is 1.88 bits per heavy atom. The van der Waals surface area contributed by atoms with E-state index in [4.69, 9.17) is 4.74 Å². The second-order valence-electron chi connectivity index (χ2n) is 5.06. The Kier molecular flexibility index (Phi) is 4.38. The van der Waals surface area contributed by atoms with Crippen molar-refractivity contribution in [2.75, 3.05) is 12.4 Å². The molecule has 1 N–H and O–H groups in total. The van der Waals surface area contributed by atoms with Crippen LogP contribution in [0, 0.1) is 10.1 Å². The summed E-state index contributed by atoms with van der Waals surface area (Å²) in [4.78, 5) is 15.3. The van der Waals surface area contributed by atoms with Gasteiger partial charge in [-0.05, 0) is 24.3 Å². The molecule has 0 unspecified atom stereocenters. The number of hydrogen-bond acceptors (Lipinski definition) is 5. The summed E-state index contributed by atoms with van der Waals surface area (Å²) in [6.07, 6.45) is 1.61. The Morgan fingerprint density at radius 3 is 2.58 bits per heavy atom. The molecule has 24 heavy (non-hydrogen) atoms. The molecule has 6 nitrogen and oxygen atoms in total. The second kappa shape index (κ2) is 6.78. The maximum atomic E-state index is 11.4. The molecule has 2 aromatic carbocycles. The molecular formula is C18H15N3O3. The van der Waals surface area contributed by atoms with E-state index in [0.29, 0.717) is 22.7 Å². The number of rotatable bonds is 5. The van der Waals surface area contributed by atoms with Crippen molar-refractivity contribution in [3.63, 3.8) is 0 Å². The number of nitrogens with one attached hydrogen (secondary N) is 1.